The van der Waals surface area contributed by atoms with Crippen molar-refractivity contribution in [3.05, 3.63) is 65.2 Å². The largest absolute Gasteiger partial charge is 0.350 e. The Bertz CT molecular complexity index is 719. The highest BCUT2D eigenvalue weighted by molar-refractivity contribution is 5.93. The summed E-state index contributed by atoms with van der Waals surface area (Å²) in [4.78, 5) is 18.6. The third-order valence-electron chi connectivity index (χ3n) is 4.50. The molecule has 5 heteroatoms. The molecule has 1 atom stereocenters. The second-order valence-electron chi connectivity index (χ2n) is 6.36. The number of aromatic nitrogens is 1. The van der Waals surface area contributed by atoms with Crippen LogP contribution in [0.5, 0.6) is 0 Å². The van der Waals surface area contributed by atoms with Crippen molar-refractivity contribution in [3.8, 4) is 0 Å². The molecule has 3 rings (SSSR count). The normalized spacial score (nSPS) is 17.8. The Morgan fingerprint density at radius 2 is 2.17 bits per heavy atom. The molecule has 4 nitrogen and oxygen atoms in total. The number of pyridine rings is 1. The predicted octanol–water partition coefficient (Wildman–Crippen LogP) is 2.78. The Labute approximate surface area is 141 Å². The Morgan fingerprint density at radius 1 is 1.33 bits per heavy atom. The number of aryl methyl sites for hydroxylation is 1. The molecule has 1 aliphatic rings. The summed E-state index contributed by atoms with van der Waals surface area (Å²) in [5.41, 5.74) is 2.09. The fraction of sp³-hybridized carbons (Fsp3) is 0.368. The summed E-state index contributed by atoms with van der Waals surface area (Å²) in [6.45, 7) is 4.93. The number of carbonyl (C=O) groups is 1. The Balaban J connectivity index is 1.49. The summed E-state index contributed by atoms with van der Waals surface area (Å²) in [5, 5.41) is 2.98. The van der Waals surface area contributed by atoms with Crippen molar-refractivity contribution in [2.75, 3.05) is 19.6 Å². The van der Waals surface area contributed by atoms with Crippen LogP contribution in [0.15, 0.2) is 42.6 Å². The van der Waals surface area contributed by atoms with Crippen molar-refractivity contribution in [1.29, 1.82) is 0 Å². The minimum absolute atomic E-state index is 0.124. The highest BCUT2D eigenvalue weighted by atomic mass is 19.1. The van der Waals surface area contributed by atoms with Crippen molar-refractivity contribution in [3.63, 3.8) is 0 Å². The van der Waals surface area contributed by atoms with Gasteiger partial charge in [0.15, 0.2) is 0 Å². The molecule has 1 N–H and O–H groups in total. The predicted molar refractivity (Wildman–Crippen MR) is 91.1 cm³/mol. The molecule has 0 saturated carbocycles. The molecule has 1 amide bonds. The molecule has 0 bridgehead atoms. The summed E-state index contributed by atoms with van der Waals surface area (Å²) >= 11 is 0. The third-order valence-corrected chi connectivity index (χ3v) is 4.50. The van der Waals surface area contributed by atoms with E-state index < -0.39 is 0 Å². The van der Waals surface area contributed by atoms with Gasteiger partial charge in [-0.15, -0.1) is 0 Å². The monoisotopic (exact) mass is 327 g/mol. The first-order valence-electron chi connectivity index (χ1n) is 8.29. The number of amides is 1. The zero-order valence-electron chi connectivity index (χ0n) is 13.8. The molecule has 126 valence electrons. The van der Waals surface area contributed by atoms with Crippen LogP contribution in [0.3, 0.4) is 0 Å². The van der Waals surface area contributed by atoms with Crippen molar-refractivity contribution in [2.45, 2.75) is 19.9 Å². The van der Waals surface area contributed by atoms with E-state index in [4.69, 9.17) is 0 Å². The molecule has 2 aromatic rings. The molecule has 2 heterocycles. The van der Waals surface area contributed by atoms with Gasteiger partial charge in [-0.3, -0.25) is 14.7 Å². The van der Waals surface area contributed by atoms with Crippen molar-refractivity contribution < 1.29 is 9.18 Å². The molecule has 1 aliphatic heterocycles. The maximum Gasteiger partial charge on any atom is 0.270 e. The van der Waals surface area contributed by atoms with Gasteiger partial charge in [0, 0.05) is 31.4 Å². The van der Waals surface area contributed by atoms with Gasteiger partial charge in [0.05, 0.1) is 0 Å². The second-order valence-corrected chi connectivity index (χ2v) is 6.36. The number of carbonyl (C=O) groups excluding carboxylic acids is 1. The van der Waals surface area contributed by atoms with E-state index in [9.17, 15) is 9.18 Å². The lowest BCUT2D eigenvalue weighted by Crippen LogP contribution is -2.31. The van der Waals surface area contributed by atoms with Gasteiger partial charge in [0.2, 0.25) is 0 Å². The van der Waals surface area contributed by atoms with Gasteiger partial charge in [0.25, 0.3) is 5.91 Å². The van der Waals surface area contributed by atoms with Crippen molar-refractivity contribution in [2.24, 2.45) is 5.92 Å². The zero-order valence-corrected chi connectivity index (χ0v) is 13.8. The summed E-state index contributed by atoms with van der Waals surface area (Å²) in [5.74, 6) is 0.116. The SMILES string of the molecule is Cc1cccnc1C(=O)NC[C@@H]1CCN(Cc2ccccc2F)C1. The van der Waals surface area contributed by atoms with Crippen LogP contribution < -0.4 is 5.32 Å². The van der Waals surface area contributed by atoms with Crippen LogP contribution in [0.1, 0.15) is 28.0 Å². The van der Waals surface area contributed by atoms with E-state index in [1.807, 2.05) is 31.2 Å². The van der Waals surface area contributed by atoms with Gasteiger partial charge in [-0.2, -0.15) is 0 Å². The first-order chi connectivity index (χ1) is 11.6. The number of halogens is 1. The summed E-state index contributed by atoms with van der Waals surface area (Å²) in [6.07, 6.45) is 2.64. The number of benzene rings is 1. The van der Waals surface area contributed by atoms with Crippen LogP contribution in [0, 0.1) is 18.7 Å². The van der Waals surface area contributed by atoms with Crippen LogP contribution in [0.25, 0.3) is 0 Å². The number of nitrogens with one attached hydrogen (secondary N) is 1. The summed E-state index contributed by atoms with van der Waals surface area (Å²) in [6, 6.07) is 10.6. The van der Waals surface area contributed by atoms with E-state index in [-0.39, 0.29) is 11.7 Å². The maximum atomic E-state index is 13.7. The Morgan fingerprint density at radius 3 is 2.96 bits per heavy atom. The molecular weight excluding hydrogens is 305 g/mol. The number of likely N-dealkylation sites (tertiary alicyclic amines) is 1. The molecule has 24 heavy (non-hydrogen) atoms. The van der Waals surface area contributed by atoms with Crippen molar-refractivity contribution in [1.82, 2.24) is 15.2 Å². The van der Waals surface area contributed by atoms with E-state index in [1.165, 1.54) is 6.07 Å². The molecule has 0 unspecified atom stereocenters. The number of rotatable bonds is 5. The highest BCUT2D eigenvalue weighted by Gasteiger charge is 2.24. The maximum absolute atomic E-state index is 13.7. The number of hydrogen-bond donors (Lipinski definition) is 1. The number of hydrogen-bond acceptors (Lipinski definition) is 3. The lowest BCUT2D eigenvalue weighted by atomic mass is 10.1. The smallest absolute Gasteiger partial charge is 0.270 e. The second kappa shape index (κ2) is 7.53. The number of nitrogens with zero attached hydrogens (tertiary/aromatic N) is 2. The molecule has 1 aromatic carbocycles. The minimum Gasteiger partial charge on any atom is -0.350 e. The summed E-state index contributed by atoms with van der Waals surface area (Å²) < 4.78 is 13.7. The van der Waals surface area contributed by atoms with Crippen molar-refractivity contribution >= 4 is 5.91 Å². The molecule has 0 radical (unpaired) electrons. The average Bonchev–Trinajstić information content (AvgIpc) is 3.03. The van der Waals surface area contributed by atoms with Gasteiger partial charge in [-0.25, -0.2) is 4.39 Å². The topological polar surface area (TPSA) is 45.2 Å². The molecule has 1 fully saturated rings. The third kappa shape index (κ3) is 3.97. The van der Waals surface area contributed by atoms with E-state index in [2.05, 4.69) is 15.2 Å². The van der Waals surface area contributed by atoms with E-state index in [0.717, 1.165) is 30.6 Å². The fourth-order valence-electron chi connectivity index (χ4n) is 3.13. The molecule has 1 saturated heterocycles. The first-order valence-corrected chi connectivity index (χ1v) is 8.29. The van der Waals surface area contributed by atoms with Crippen LogP contribution in [0.2, 0.25) is 0 Å². The van der Waals surface area contributed by atoms with E-state index in [0.29, 0.717) is 24.7 Å². The molecule has 1 aromatic heterocycles. The van der Waals surface area contributed by atoms with Gasteiger partial charge < -0.3 is 5.32 Å². The lowest BCUT2D eigenvalue weighted by Gasteiger charge is -2.17. The fourth-order valence-corrected chi connectivity index (χ4v) is 3.13. The molecule has 0 spiro atoms. The Hall–Kier alpha value is -2.27. The van der Waals surface area contributed by atoms with Crippen LogP contribution in [0.4, 0.5) is 4.39 Å². The Kier molecular flexibility index (Phi) is 5.20. The quantitative estimate of drug-likeness (QED) is 0.918. The van der Waals surface area contributed by atoms with Crippen LogP contribution >= 0.6 is 0 Å². The van der Waals surface area contributed by atoms with E-state index in [1.54, 1.807) is 12.3 Å². The van der Waals surface area contributed by atoms with Crippen LogP contribution in [-0.2, 0) is 6.54 Å². The summed E-state index contributed by atoms with van der Waals surface area (Å²) in [7, 11) is 0. The van der Waals surface area contributed by atoms with Gasteiger partial charge in [0.1, 0.15) is 11.5 Å². The van der Waals surface area contributed by atoms with E-state index >= 15 is 0 Å². The first kappa shape index (κ1) is 16.6. The zero-order chi connectivity index (χ0) is 16.9. The standard InChI is InChI=1S/C19H22FN3O/c1-14-5-4-9-21-18(14)19(24)22-11-15-8-10-23(12-15)13-16-6-2-3-7-17(16)20/h2-7,9,15H,8,10-13H2,1H3,(H,22,24)/t15-/m0/s1. The van der Waals surface area contributed by atoms with Gasteiger partial charge in [-0.1, -0.05) is 24.3 Å². The average molecular weight is 327 g/mol. The molecule has 0 aliphatic carbocycles. The molecular formula is C19H22FN3O. The minimum atomic E-state index is -0.153. The van der Waals surface area contributed by atoms with Gasteiger partial charge in [-0.05, 0) is 43.5 Å². The van der Waals surface area contributed by atoms with Gasteiger partial charge >= 0.3 is 0 Å². The lowest BCUT2D eigenvalue weighted by molar-refractivity contribution is 0.0941. The highest BCUT2D eigenvalue weighted by Crippen LogP contribution is 2.19. The van der Waals surface area contributed by atoms with Crippen LogP contribution in [-0.4, -0.2) is 35.4 Å².